The second-order valence-electron chi connectivity index (χ2n) is 5.14. The Morgan fingerprint density at radius 2 is 1.91 bits per heavy atom. The number of H-pyrrole nitrogens is 1. The fraction of sp³-hybridized carbons (Fsp3) is 0.375. The van der Waals surface area contributed by atoms with Gasteiger partial charge in [-0.05, 0) is 31.0 Å². The van der Waals surface area contributed by atoms with Gasteiger partial charge in [0.15, 0.2) is 0 Å². The summed E-state index contributed by atoms with van der Waals surface area (Å²) in [5.41, 5.74) is 0.0896. The number of esters is 1. The predicted octanol–water partition coefficient (Wildman–Crippen LogP) is 2.91. The third kappa shape index (κ3) is 4.28. The normalized spacial score (nSPS) is 10.7. The minimum atomic E-state index is -0.608. The number of amides is 1. The lowest BCUT2D eigenvalue weighted by atomic mass is 10.2. The number of rotatable bonds is 7. The van der Waals surface area contributed by atoms with E-state index in [4.69, 9.17) is 0 Å². The Hall–Kier alpha value is -2.44. The zero-order chi connectivity index (χ0) is 16.8. The van der Waals surface area contributed by atoms with Crippen molar-refractivity contribution in [1.82, 2.24) is 10.3 Å². The number of halogens is 2. The SMILES string of the molecule is COC(=O)CCCCCNC(=O)c1cc2c(F)ccc(F)c2[nH]1. The topological polar surface area (TPSA) is 71.2 Å². The molecule has 0 spiro atoms. The van der Waals surface area contributed by atoms with Crippen molar-refractivity contribution in [2.75, 3.05) is 13.7 Å². The Morgan fingerprint density at radius 1 is 1.17 bits per heavy atom. The number of unbranched alkanes of at least 4 members (excludes halogenated alkanes) is 2. The number of ether oxygens (including phenoxy) is 1. The summed E-state index contributed by atoms with van der Waals surface area (Å²) in [5.74, 6) is -1.87. The van der Waals surface area contributed by atoms with E-state index in [0.717, 1.165) is 18.6 Å². The van der Waals surface area contributed by atoms with E-state index in [0.29, 0.717) is 25.8 Å². The fourth-order valence-corrected chi connectivity index (χ4v) is 2.24. The summed E-state index contributed by atoms with van der Waals surface area (Å²) in [6.07, 6.45) is 2.51. The van der Waals surface area contributed by atoms with Crippen LogP contribution in [0.2, 0.25) is 0 Å². The van der Waals surface area contributed by atoms with Crippen molar-refractivity contribution in [2.24, 2.45) is 0 Å². The van der Waals surface area contributed by atoms with E-state index in [1.165, 1.54) is 13.2 Å². The molecule has 2 N–H and O–H groups in total. The summed E-state index contributed by atoms with van der Waals surface area (Å²) in [4.78, 5) is 25.5. The van der Waals surface area contributed by atoms with Gasteiger partial charge in [-0.25, -0.2) is 8.78 Å². The Labute approximate surface area is 132 Å². The molecule has 2 aromatic rings. The molecular formula is C16H18F2N2O3. The Bertz CT molecular complexity index is 674. The number of methoxy groups -OCH3 is 1. The van der Waals surface area contributed by atoms with E-state index in [2.05, 4.69) is 15.0 Å². The van der Waals surface area contributed by atoms with Gasteiger partial charge in [0.05, 0.1) is 12.6 Å². The number of nitrogens with one attached hydrogen (secondary N) is 2. The lowest BCUT2D eigenvalue weighted by molar-refractivity contribution is -0.140. The Kier molecular flexibility index (Phi) is 5.67. The van der Waals surface area contributed by atoms with Crippen molar-refractivity contribution in [2.45, 2.75) is 25.7 Å². The van der Waals surface area contributed by atoms with Crippen LogP contribution in [-0.4, -0.2) is 30.5 Å². The lowest BCUT2D eigenvalue weighted by Crippen LogP contribution is -2.24. The molecule has 0 radical (unpaired) electrons. The zero-order valence-electron chi connectivity index (χ0n) is 12.7. The molecule has 0 aliphatic carbocycles. The predicted molar refractivity (Wildman–Crippen MR) is 81.0 cm³/mol. The van der Waals surface area contributed by atoms with Crippen molar-refractivity contribution in [3.8, 4) is 0 Å². The number of aromatic nitrogens is 1. The second-order valence-corrected chi connectivity index (χ2v) is 5.14. The molecule has 124 valence electrons. The monoisotopic (exact) mass is 324 g/mol. The third-order valence-corrected chi connectivity index (χ3v) is 3.51. The minimum absolute atomic E-state index is 0.0202. The largest absolute Gasteiger partial charge is 0.469 e. The van der Waals surface area contributed by atoms with Gasteiger partial charge in [0, 0.05) is 18.4 Å². The average Bonchev–Trinajstić information content (AvgIpc) is 3.00. The lowest BCUT2D eigenvalue weighted by Gasteiger charge is -2.03. The number of hydrogen-bond donors (Lipinski definition) is 2. The zero-order valence-corrected chi connectivity index (χ0v) is 12.7. The van der Waals surface area contributed by atoms with Crippen LogP contribution >= 0.6 is 0 Å². The van der Waals surface area contributed by atoms with E-state index in [-0.39, 0.29) is 22.6 Å². The van der Waals surface area contributed by atoms with Gasteiger partial charge in [0.25, 0.3) is 5.91 Å². The van der Waals surface area contributed by atoms with Gasteiger partial charge in [-0.3, -0.25) is 9.59 Å². The summed E-state index contributed by atoms with van der Waals surface area (Å²) < 4.78 is 31.7. The van der Waals surface area contributed by atoms with Gasteiger partial charge in [0.2, 0.25) is 0 Å². The molecule has 0 saturated heterocycles. The highest BCUT2D eigenvalue weighted by Gasteiger charge is 2.14. The maximum atomic E-state index is 13.6. The quantitative estimate of drug-likeness (QED) is 0.608. The first kappa shape index (κ1) is 16.9. The summed E-state index contributed by atoms with van der Waals surface area (Å²) in [6.45, 7) is 0.417. The molecule has 0 saturated carbocycles. The second kappa shape index (κ2) is 7.71. The van der Waals surface area contributed by atoms with E-state index in [9.17, 15) is 18.4 Å². The fourth-order valence-electron chi connectivity index (χ4n) is 2.24. The minimum Gasteiger partial charge on any atom is -0.469 e. The van der Waals surface area contributed by atoms with Crippen molar-refractivity contribution in [1.29, 1.82) is 0 Å². The highest BCUT2D eigenvalue weighted by Crippen LogP contribution is 2.21. The molecule has 23 heavy (non-hydrogen) atoms. The van der Waals surface area contributed by atoms with Crippen LogP contribution < -0.4 is 5.32 Å². The van der Waals surface area contributed by atoms with Crippen LogP contribution in [0.5, 0.6) is 0 Å². The molecule has 0 aliphatic rings. The molecule has 0 atom stereocenters. The van der Waals surface area contributed by atoms with Crippen LogP contribution in [0.3, 0.4) is 0 Å². The van der Waals surface area contributed by atoms with Crippen molar-refractivity contribution in [3.63, 3.8) is 0 Å². The van der Waals surface area contributed by atoms with Crippen LogP contribution in [0.4, 0.5) is 8.78 Å². The molecule has 0 unspecified atom stereocenters. The van der Waals surface area contributed by atoms with Crippen molar-refractivity contribution >= 4 is 22.8 Å². The number of aromatic amines is 1. The van der Waals surface area contributed by atoms with Gasteiger partial charge in [-0.1, -0.05) is 6.42 Å². The first-order valence-electron chi connectivity index (χ1n) is 7.34. The Balaban J connectivity index is 1.83. The summed E-state index contributed by atoms with van der Waals surface area (Å²) in [7, 11) is 1.34. The third-order valence-electron chi connectivity index (χ3n) is 3.51. The van der Waals surface area contributed by atoms with Crippen LogP contribution in [-0.2, 0) is 9.53 Å². The average molecular weight is 324 g/mol. The summed E-state index contributed by atoms with van der Waals surface area (Å²) in [6, 6.07) is 3.33. The molecular weight excluding hydrogens is 306 g/mol. The first-order chi connectivity index (χ1) is 11.0. The molecule has 0 bridgehead atoms. The van der Waals surface area contributed by atoms with Gasteiger partial charge in [0.1, 0.15) is 17.3 Å². The molecule has 1 aromatic carbocycles. The van der Waals surface area contributed by atoms with E-state index >= 15 is 0 Å². The molecule has 5 nitrogen and oxygen atoms in total. The van der Waals surface area contributed by atoms with Crippen molar-refractivity contribution < 1.29 is 23.1 Å². The molecule has 1 heterocycles. The van der Waals surface area contributed by atoms with E-state index < -0.39 is 17.5 Å². The molecule has 0 fully saturated rings. The maximum Gasteiger partial charge on any atom is 0.305 e. The molecule has 7 heteroatoms. The van der Waals surface area contributed by atoms with Gasteiger partial charge < -0.3 is 15.0 Å². The molecule has 2 rings (SSSR count). The highest BCUT2D eigenvalue weighted by molar-refractivity contribution is 5.98. The molecule has 0 aliphatic heterocycles. The van der Waals surface area contributed by atoms with Gasteiger partial charge >= 0.3 is 5.97 Å². The van der Waals surface area contributed by atoms with E-state index in [1.54, 1.807) is 0 Å². The first-order valence-corrected chi connectivity index (χ1v) is 7.34. The maximum absolute atomic E-state index is 13.6. The highest BCUT2D eigenvalue weighted by atomic mass is 19.1. The van der Waals surface area contributed by atoms with Gasteiger partial charge in [-0.2, -0.15) is 0 Å². The number of carbonyl (C=O) groups excluding carboxylic acids is 2. The Morgan fingerprint density at radius 3 is 2.61 bits per heavy atom. The number of fused-ring (bicyclic) bond motifs is 1. The van der Waals surface area contributed by atoms with Crippen LogP contribution in [0, 0.1) is 11.6 Å². The summed E-state index contributed by atoms with van der Waals surface area (Å²) in [5, 5.41) is 2.72. The van der Waals surface area contributed by atoms with Crippen LogP contribution in [0.1, 0.15) is 36.2 Å². The van der Waals surface area contributed by atoms with Crippen LogP contribution in [0.25, 0.3) is 10.9 Å². The molecule has 1 amide bonds. The standard InChI is InChI=1S/C16H18F2N2O3/c1-23-14(21)5-3-2-4-8-19-16(22)13-9-10-11(17)6-7-12(18)15(10)20-13/h6-7,9,20H,2-5,8H2,1H3,(H,19,22). The van der Waals surface area contributed by atoms with Crippen LogP contribution in [0.15, 0.2) is 18.2 Å². The molecule has 1 aromatic heterocycles. The van der Waals surface area contributed by atoms with Crippen molar-refractivity contribution in [3.05, 3.63) is 35.5 Å². The number of hydrogen-bond acceptors (Lipinski definition) is 3. The van der Waals surface area contributed by atoms with E-state index in [1.807, 2.05) is 0 Å². The number of carbonyl (C=O) groups is 2. The summed E-state index contributed by atoms with van der Waals surface area (Å²) >= 11 is 0. The number of benzene rings is 1. The smallest absolute Gasteiger partial charge is 0.305 e. The van der Waals surface area contributed by atoms with Gasteiger partial charge in [-0.15, -0.1) is 0 Å².